The largest absolute Gasteiger partial charge is 0.491 e. The molecule has 2 aromatic carbocycles. The number of hydrogen-bond donors (Lipinski definition) is 2. The standard InChI is InChI=1S/C24H29N3O3S/c1-17(2)30-21-12-10-18(11-13-21)22(28)26-24(31)25-20-9-7-8-19(16-20)23(29)27-14-5-3-4-6-15-27/h7-13,16-17H,3-6,14-15H2,1-2H3,(H2,25,26,28,31). The second kappa shape index (κ2) is 10.9. The molecule has 2 aromatic rings. The van der Waals surface area contributed by atoms with Gasteiger partial charge in [-0.1, -0.05) is 18.9 Å². The van der Waals surface area contributed by atoms with Crippen molar-refractivity contribution in [3.63, 3.8) is 0 Å². The molecule has 1 fully saturated rings. The van der Waals surface area contributed by atoms with Crippen molar-refractivity contribution in [1.82, 2.24) is 10.2 Å². The van der Waals surface area contributed by atoms with E-state index in [1.807, 2.05) is 30.9 Å². The summed E-state index contributed by atoms with van der Waals surface area (Å²) in [7, 11) is 0. The monoisotopic (exact) mass is 439 g/mol. The number of thiocarbonyl (C=S) groups is 1. The van der Waals surface area contributed by atoms with Crippen LogP contribution in [0.25, 0.3) is 0 Å². The molecule has 0 bridgehead atoms. The molecule has 164 valence electrons. The molecule has 0 atom stereocenters. The second-order valence-corrected chi connectivity index (χ2v) is 8.29. The highest BCUT2D eigenvalue weighted by Crippen LogP contribution is 2.17. The summed E-state index contributed by atoms with van der Waals surface area (Å²) in [6.45, 7) is 5.49. The molecule has 31 heavy (non-hydrogen) atoms. The van der Waals surface area contributed by atoms with E-state index in [1.54, 1.807) is 36.4 Å². The van der Waals surface area contributed by atoms with Crippen molar-refractivity contribution in [2.24, 2.45) is 0 Å². The average molecular weight is 440 g/mol. The minimum Gasteiger partial charge on any atom is -0.491 e. The molecule has 2 amide bonds. The Balaban J connectivity index is 1.58. The molecular weight excluding hydrogens is 410 g/mol. The molecule has 0 unspecified atom stereocenters. The maximum Gasteiger partial charge on any atom is 0.257 e. The summed E-state index contributed by atoms with van der Waals surface area (Å²) >= 11 is 5.28. The topological polar surface area (TPSA) is 70.7 Å². The van der Waals surface area contributed by atoms with E-state index in [-0.39, 0.29) is 23.0 Å². The molecule has 0 aliphatic carbocycles. The summed E-state index contributed by atoms with van der Waals surface area (Å²) in [5.41, 5.74) is 1.75. The van der Waals surface area contributed by atoms with Gasteiger partial charge in [0.2, 0.25) is 0 Å². The SMILES string of the molecule is CC(C)Oc1ccc(C(=O)NC(=S)Nc2cccc(C(=O)N3CCCCCC3)c2)cc1. The number of likely N-dealkylation sites (tertiary alicyclic amines) is 1. The van der Waals surface area contributed by atoms with E-state index in [0.717, 1.165) is 25.9 Å². The maximum absolute atomic E-state index is 12.8. The lowest BCUT2D eigenvalue weighted by molar-refractivity contribution is 0.0761. The normalized spacial score (nSPS) is 14.0. The van der Waals surface area contributed by atoms with Crippen LogP contribution in [0.5, 0.6) is 5.75 Å². The van der Waals surface area contributed by atoms with Gasteiger partial charge in [0.25, 0.3) is 11.8 Å². The lowest BCUT2D eigenvalue weighted by Crippen LogP contribution is -2.34. The van der Waals surface area contributed by atoms with E-state index in [0.29, 0.717) is 22.6 Å². The molecule has 1 aliphatic heterocycles. The Kier molecular flexibility index (Phi) is 8.00. The summed E-state index contributed by atoms with van der Waals surface area (Å²) in [6, 6.07) is 14.1. The van der Waals surface area contributed by atoms with Crippen LogP contribution in [-0.4, -0.2) is 41.0 Å². The Morgan fingerprint density at radius 2 is 1.65 bits per heavy atom. The molecule has 1 heterocycles. The lowest BCUT2D eigenvalue weighted by Gasteiger charge is -2.20. The van der Waals surface area contributed by atoms with Crippen LogP contribution in [0.1, 0.15) is 60.2 Å². The average Bonchev–Trinajstić information content (AvgIpc) is 3.03. The van der Waals surface area contributed by atoms with Crippen LogP contribution in [-0.2, 0) is 0 Å². The summed E-state index contributed by atoms with van der Waals surface area (Å²) in [6.07, 6.45) is 4.51. The first kappa shape index (κ1) is 22.7. The van der Waals surface area contributed by atoms with Gasteiger partial charge in [-0.25, -0.2) is 0 Å². The van der Waals surface area contributed by atoms with Crippen molar-refractivity contribution in [1.29, 1.82) is 0 Å². The van der Waals surface area contributed by atoms with Crippen LogP contribution in [0, 0.1) is 0 Å². The number of anilines is 1. The smallest absolute Gasteiger partial charge is 0.257 e. The van der Waals surface area contributed by atoms with Gasteiger partial charge in [0.05, 0.1) is 6.10 Å². The molecule has 1 aliphatic rings. The number of nitrogens with one attached hydrogen (secondary N) is 2. The van der Waals surface area contributed by atoms with Crippen molar-refractivity contribution in [3.8, 4) is 5.75 Å². The van der Waals surface area contributed by atoms with Crippen LogP contribution in [0.4, 0.5) is 5.69 Å². The Morgan fingerprint density at radius 1 is 0.968 bits per heavy atom. The van der Waals surface area contributed by atoms with Gasteiger partial charge >= 0.3 is 0 Å². The van der Waals surface area contributed by atoms with Crippen molar-refractivity contribution < 1.29 is 14.3 Å². The highest BCUT2D eigenvalue weighted by Gasteiger charge is 2.17. The number of carbonyl (C=O) groups is 2. The van der Waals surface area contributed by atoms with E-state index in [1.165, 1.54) is 12.8 Å². The first-order valence-electron chi connectivity index (χ1n) is 10.7. The summed E-state index contributed by atoms with van der Waals surface area (Å²) in [4.78, 5) is 27.2. The van der Waals surface area contributed by atoms with Crippen molar-refractivity contribution in [3.05, 3.63) is 59.7 Å². The molecule has 2 N–H and O–H groups in total. The summed E-state index contributed by atoms with van der Waals surface area (Å²) in [5.74, 6) is 0.424. The number of hydrogen-bond acceptors (Lipinski definition) is 4. The van der Waals surface area contributed by atoms with E-state index < -0.39 is 0 Å². The zero-order chi connectivity index (χ0) is 22.2. The van der Waals surface area contributed by atoms with E-state index >= 15 is 0 Å². The third kappa shape index (κ3) is 6.79. The Labute approximate surface area is 189 Å². The van der Waals surface area contributed by atoms with Gasteiger partial charge in [0, 0.05) is 29.9 Å². The molecule has 0 aromatic heterocycles. The molecule has 6 nitrogen and oxygen atoms in total. The summed E-state index contributed by atoms with van der Waals surface area (Å²) in [5, 5.41) is 5.84. The first-order chi connectivity index (χ1) is 14.9. The van der Waals surface area contributed by atoms with Crippen LogP contribution in [0.2, 0.25) is 0 Å². The fourth-order valence-corrected chi connectivity index (χ4v) is 3.69. The fraction of sp³-hybridized carbons (Fsp3) is 0.375. The molecule has 3 rings (SSSR count). The number of carbonyl (C=O) groups excluding carboxylic acids is 2. The van der Waals surface area contributed by atoms with Crippen LogP contribution >= 0.6 is 12.2 Å². The van der Waals surface area contributed by atoms with Gasteiger partial charge in [0.15, 0.2) is 5.11 Å². The second-order valence-electron chi connectivity index (χ2n) is 7.89. The number of amides is 2. The van der Waals surface area contributed by atoms with E-state index in [9.17, 15) is 9.59 Å². The minimum absolute atomic E-state index is 0.0317. The van der Waals surface area contributed by atoms with Crippen LogP contribution in [0.15, 0.2) is 48.5 Å². The Hall–Kier alpha value is -2.93. The Bertz CT molecular complexity index is 920. The third-order valence-electron chi connectivity index (χ3n) is 4.98. The minimum atomic E-state index is -0.314. The zero-order valence-corrected chi connectivity index (χ0v) is 18.8. The molecule has 1 saturated heterocycles. The predicted octanol–water partition coefficient (Wildman–Crippen LogP) is 4.62. The van der Waals surface area contributed by atoms with Gasteiger partial charge in [-0.15, -0.1) is 0 Å². The van der Waals surface area contributed by atoms with Crippen LogP contribution < -0.4 is 15.4 Å². The molecule has 0 radical (unpaired) electrons. The summed E-state index contributed by atoms with van der Waals surface area (Å²) < 4.78 is 5.59. The van der Waals surface area contributed by atoms with Gasteiger partial charge in [-0.2, -0.15) is 0 Å². The van der Waals surface area contributed by atoms with E-state index in [4.69, 9.17) is 17.0 Å². The molecule has 7 heteroatoms. The van der Waals surface area contributed by atoms with Gasteiger partial charge in [-0.05, 0) is 81.4 Å². The van der Waals surface area contributed by atoms with Crippen molar-refractivity contribution >= 4 is 34.8 Å². The Morgan fingerprint density at radius 3 is 2.29 bits per heavy atom. The quantitative estimate of drug-likeness (QED) is 0.666. The predicted molar refractivity (Wildman–Crippen MR) is 127 cm³/mol. The number of ether oxygens (including phenoxy) is 1. The number of rotatable bonds is 5. The molecule has 0 spiro atoms. The highest BCUT2D eigenvalue weighted by molar-refractivity contribution is 7.80. The zero-order valence-electron chi connectivity index (χ0n) is 18.0. The van der Waals surface area contributed by atoms with E-state index in [2.05, 4.69) is 10.6 Å². The van der Waals surface area contributed by atoms with Crippen molar-refractivity contribution in [2.45, 2.75) is 45.6 Å². The van der Waals surface area contributed by atoms with Gasteiger partial charge < -0.3 is 15.0 Å². The lowest BCUT2D eigenvalue weighted by atomic mass is 10.1. The van der Waals surface area contributed by atoms with Crippen molar-refractivity contribution in [2.75, 3.05) is 18.4 Å². The maximum atomic E-state index is 12.8. The molecular formula is C24H29N3O3S. The molecule has 0 saturated carbocycles. The van der Waals surface area contributed by atoms with Crippen LogP contribution in [0.3, 0.4) is 0 Å². The third-order valence-corrected chi connectivity index (χ3v) is 5.18. The van der Waals surface area contributed by atoms with Gasteiger partial charge in [-0.3, -0.25) is 14.9 Å². The number of benzene rings is 2. The number of nitrogens with zero attached hydrogens (tertiary/aromatic N) is 1. The first-order valence-corrected chi connectivity index (χ1v) is 11.1. The van der Waals surface area contributed by atoms with Gasteiger partial charge in [0.1, 0.15) is 5.75 Å². The fourth-order valence-electron chi connectivity index (χ4n) is 3.48. The highest BCUT2D eigenvalue weighted by atomic mass is 32.1.